The van der Waals surface area contributed by atoms with Gasteiger partial charge < -0.3 is 14.6 Å². The minimum atomic E-state index is -1.00. The van der Waals surface area contributed by atoms with Crippen LogP contribution in [-0.2, 0) is 11.3 Å². The van der Waals surface area contributed by atoms with Gasteiger partial charge in [-0.05, 0) is 6.07 Å². The van der Waals surface area contributed by atoms with Crippen molar-refractivity contribution in [3.63, 3.8) is 0 Å². The van der Waals surface area contributed by atoms with Crippen LogP contribution in [0.4, 0.5) is 0 Å². The second-order valence-corrected chi connectivity index (χ2v) is 7.00. The van der Waals surface area contributed by atoms with E-state index >= 15 is 0 Å². The highest BCUT2D eigenvalue weighted by Crippen LogP contribution is 2.34. The van der Waals surface area contributed by atoms with Gasteiger partial charge in [0.1, 0.15) is 17.0 Å². The second kappa shape index (κ2) is 6.19. The molecule has 0 saturated carbocycles. The number of hydrogen-bond acceptors (Lipinski definition) is 6. The number of imidazole rings is 1. The molecule has 0 radical (unpaired) electrons. The Labute approximate surface area is 157 Å². The molecule has 0 amide bonds. The Morgan fingerprint density at radius 3 is 2.89 bits per heavy atom. The van der Waals surface area contributed by atoms with Crippen molar-refractivity contribution in [3.8, 4) is 22.1 Å². The zero-order valence-corrected chi connectivity index (χ0v) is 14.8. The maximum atomic E-state index is 11.7. The summed E-state index contributed by atoms with van der Waals surface area (Å²) in [6, 6.07) is 13.1. The zero-order valence-electron chi connectivity index (χ0n) is 14.0. The van der Waals surface area contributed by atoms with Crippen LogP contribution in [0.25, 0.3) is 27.4 Å². The lowest BCUT2D eigenvalue weighted by molar-refractivity contribution is -0.0162. The number of aromatic nitrogens is 3. The number of ether oxygens (including phenoxy) is 2. The molecule has 0 atom stereocenters. The lowest BCUT2D eigenvalue weighted by Gasteiger charge is -2.17. The van der Waals surface area contributed by atoms with Gasteiger partial charge in [-0.15, -0.1) is 0 Å². The monoisotopic (exact) mass is 379 g/mol. The number of carbonyl (C=O) groups is 1. The van der Waals surface area contributed by atoms with E-state index in [1.807, 2.05) is 42.5 Å². The molecule has 1 aliphatic heterocycles. The first-order valence-electron chi connectivity index (χ1n) is 8.21. The molecule has 5 rings (SSSR count). The fourth-order valence-corrected chi connectivity index (χ4v) is 4.00. The summed E-state index contributed by atoms with van der Waals surface area (Å²) in [5.74, 6) is -0.256. The van der Waals surface area contributed by atoms with Crippen LogP contribution >= 0.6 is 11.3 Å². The van der Waals surface area contributed by atoms with Crippen molar-refractivity contribution in [3.05, 3.63) is 59.2 Å². The second-order valence-electron chi connectivity index (χ2n) is 6.02. The Balaban J connectivity index is 1.68. The number of fused-ring (bicyclic) bond motifs is 2. The molecule has 27 heavy (non-hydrogen) atoms. The Hall–Kier alpha value is -3.23. The van der Waals surface area contributed by atoms with E-state index in [1.54, 1.807) is 10.9 Å². The van der Waals surface area contributed by atoms with Crippen LogP contribution in [0.5, 0.6) is 5.75 Å². The van der Waals surface area contributed by atoms with E-state index in [9.17, 15) is 9.90 Å². The van der Waals surface area contributed by atoms with Crippen LogP contribution in [0.2, 0.25) is 0 Å². The summed E-state index contributed by atoms with van der Waals surface area (Å²) in [4.78, 5) is 21.0. The number of benzene rings is 2. The van der Waals surface area contributed by atoms with Gasteiger partial charge in [-0.2, -0.15) is 0 Å². The molecule has 3 heterocycles. The van der Waals surface area contributed by atoms with Crippen molar-refractivity contribution >= 4 is 28.3 Å². The third-order valence-corrected chi connectivity index (χ3v) is 5.39. The van der Waals surface area contributed by atoms with Gasteiger partial charge in [0.2, 0.25) is 0 Å². The third kappa shape index (κ3) is 2.66. The average Bonchev–Trinajstić information content (AvgIpc) is 3.31. The summed E-state index contributed by atoms with van der Waals surface area (Å²) in [6.45, 7) is 0.696. The molecule has 2 aromatic carbocycles. The van der Waals surface area contributed by atoms with Crippen LogP contribution in [-0.4, -0.2) is 32.4 Å². The normalized spacial score (nSPS) is 13.3. The number of hydrogen-bond donors (Lipinski definition) is 1. The van der Waals surface area contributed by atoms with Crippen molar-refractivity contribution < 1.29 is 19.4 Å². The van der Waals surface area contributed by atoms with Crippen molar-refractivity contribution in [2.24, 2.45) is 0 Å². The Kier molecular flexibility index (Phi) is 3.66. The van der Waals surface area contributed by atoms with Crippen molar-refractivity contribution in [2.75, 3.05) is 6.79 Å². The van der Waals surface area contributed by atoms with Gasteiger partial charge in [0.15, 0.2) is 11.9 Å². The first kappa shape index (κ1) is 16.0. The van der Waals surface area contributed by atoms with Gasteiger partial charge in [0.25, 0.3) is 0 Å². The highest BCUT2D eigenvalue weighted by Gasteiger charge is 2.21. The predicted molar refractivity (Wildman–Crippen MR) is 99.4 cm³/mol. The van der Waals surface area contributed by atoms with Crippen LogP contribution in [0, 0.1) is 0 Å². The summed E-state index contributed by atoms with van der Waals surface area (Å²) in [7, 11) is 0. The van der Waals surface area contributed by atoms with Crippen molar-refractivity contribution in [2.45, 2.75) is 6.61 Å². The molecule has 0 fully saturated rings. The van der Waals surface area contributed by atoms with E-state index in [1.165, 1.54) is 0 Å². The predicted octanol–water partition coefficient (Wildman–Crippen LogP) is 3.71. The lowest BCUT2D eigenvalue weighted by atomic mass is 10.1. The van der Waals surface area contributed by atoms with E-state index in [4.69, 9.17) is 9.47 Å². The maximum absolute atomic E-state index is 11.7. The summed E-state index contributed by atoms with van der Waals surface area (Å²) in [6.07, 6.45) is 1.65. The molecular weight excluding hydrogens is 366 g/mol. The number of nitrogens with zero attached hydrogens (tertiary/aromatic N) is 3. The van der Waals surface area contributed by atoms with Gasteiger partial charge >= 0.3 is 5.97 Å². The van der Waals surface area contributed by atoms with Crippen molar-refractivity contribution in [1.29, 1.82) is 0 Å². The summed E-state index contributed by atoms with van der Waals surface area (Å²) >= 11 is 1.12. The fraction of sp³-hybridized carbons (Fsp3) is 0.105. The maximum Gasteiger partial charge on any atom is 0.348 e. The molecule has 0 unspecified atom stereocenters. The summed E-state index contributed by atoms with van der Waals surface area (Å²) < 4.78 is 12.6. The van der Waals surface area contributed by atoms with Crippen molar-refractivity contribution in [1.82, 2.24) is 14.5 Å². The largest absolute Gasteiger partial charge is 0.477 e. The van der Waals surface area contributed by atoms with Gasteiger partial charge in [-0.3, -0.25) is 4.57 Å². The molecule has 1 N–H and O–H groups in total. The zero-order chi connectivity index (χ0) is 18.4. The van der Waals surface area contributed by atoms with E-state index in [0.717, 1.165) is 39.2 Å². The number of carboxylic acids is 1. The van der Waals surface area contributed by atoms with E-state index < -0.39 is 5.97 Å². The molecule has 0 saturated heterocycles. The number of thiazole rings is 1. The lowest BCUT2D eigenvalue weighted by Crippen LogP contribution is -2.11. The summed E-state index contributed by atoms with van der Waals surface area (Å²) in [5.41, 5.74) is 3.73. The van der Waals surface area contributed by atoms with Gasteiger partial charge in [-0.1, -0.05) is 41.7 Å². The molecule has 2 aromatic heterocycles. The van der Waals surface area contributed by atoms with Crippen LogP contribution in [0.3, 0.4) is 0 Å². The number of carboxylic acid groups (broad SMARTS) is 1. The minimum absolute atomic E-state index is 0.195. The highest BCUT2D eigenvalue weighted by molar-refractivity contribution is 7.16. The third-order valence-electron chi connectivity index (χ3n) is 4.35. The molecule has 0 aliphatic carbocycles. The summed E-state index contributed by atoms with van der Waals surface area (Å²) in [5, 5.41) is 10.2. The molecular formula is C19H13N3O4S. The Bertz CT molecular complexity index is 1170. The SMILES string of the molecule is O=C(O)c1sc(-n2cnc3cc4c(cc32)OCOC4)nc1-c1ccccc1. The van der Waals surface area contributed by atoms with E-state index in [0.29, 0.717) is 17.4 Å². The van der Waals surface area contributed by atoms with Gasteiger partial charge in [0, 0.05) is 17.2 Å². The minimum Gasteiger partial charge on any atom is -0.477 e. The average molecular weight is 379 g/mol. The quantitative estimate of drug-likeness (QED) is 0.584. The molecule has 0 bridgehead atoms. The fourth-order valence-electron chi connectivity index (χ4n) is 3.08. The van der Waals surface area contributed by atoms with Crippen LogP contribution in [0.1, 0.15) is 15.2 Å². The van der Waals surface area contributed by atoms with Gasteiger partial charge in [0.05, 0.1) is 23.3 Å². The first-order chi connectivity index (χ1) is 13.2. The topological polar surface area (TPSA) is 86.5 Å². The molecule has 134 valence electrons. The molecule has 0 spiro atoms. The number of aromatic carboxylic acids is 1. The molecule has 8 heteroatoms. The smallest absolute Gasteiger partial charge is 0.348 e. The van der Waals surface area contributed by atoms with E-state index in [2.05, 4.69) is 9.97 Å². The van der Waals surface area contributed by atoms with Crippen LogP contribution < -0.4 is 4.74 Å². The Morgan fingerprint density at radius 2 is 2.07 bits per heavy atom. The molecule has 7 nitrogen and oxygen atoms in total. The van der Waals surface area contributed by atoms with E-state index in [-0.39, 0.29) is 11.7 Å². The molecule has 1 aliphatic rings. The highest BCUT2D eigenvalue weighted by atomic mass is 32.1. The van der Waals surface area contributed by atoms with Crippen LogP contribution in [0.15, 0.2) is 48.8 Å². The van der Waals surface area contributed by atoms with Gasteiger partial charge in [-0.25, -0.2) is 14.8 Å². The first-order valence-corrected chi connectivity index (χ1v) is 9.03. The number of rotatable bonds is 3. The Morgan fingerprint density at radius 1 is 1.22 bits per heavy atom. The standard InChI is InChI=1S/C19H13N3O4S/c23-18(24)17-16(11-4-2-1-3-5-11)21-19(27-17)22-9-20-13-6-12-8-25-10-26-15(12)7-14(13)22/h1-7,9H,8,10H2,(H,23,24). The molecule has 4 aromatic rings.